The number of Topliss-reactive ketones (excluding diaryl/α,β-unsaturated/α-hetero) is 1. The molecule has 2 aromatic carbocycles. The zero-order valence-electron chi connectivity index (χ0n) is 10.5. The number of phenolic OH excluding ortho intramolecular Hbond substituents is 1. The number of benzene rings is 2. The number of carboxylic acid groups (broad SMARTS) is 1. The van der Waals surface area contributed by atoms with Gasteiger partial charge < -0.3 is 10.2 Å². The summed E-state index contributed by atoms with van der Waals surface area (Å²) >= 11 is 0. The summed E-state index contributed by atoms with van der Waals surface area (Å²) in [6.45, 7) is 0. The Bertz CT molecular complexity index is 688. The Morgan fingerprint density at radius 2 is 1.65 bits per heavy atom. The second-order valence-electron chi connectivity index (χ2n) is 4.84. The zero-order chi connectivity index (χ0) is 14.3. The van der Waals surface area contributed by atoms with Gasteiger partial charge in [-0.2, -0.15) is 0 Å². The fraction of sp³-hybridized carbons (Fsp3) is 0.125. The maximum Gasteiger partial charge on any atom is 0.315 e. The van der Waals surface area contributed by atoms with Crippen LogP contribution in [0.3, 0.4) is 0 Å². The van der Waals surface area contributed by atoms with Crippen molar-refractivity contribution in [2.75, 3.05) is 0 Å². The smallest absolute Gasteiger partial charge is 0.315 e. The maximum atomic E-state index is 12.3. The van der Waals surface area contributed by atoms with E-state index in [1.165, 1.54) is 12.1 Å². The van der Waals surface area contributed by atoms with Crippen LogP contribution < -0.4 is 0 Å². The van der Waals surface area contributed by atoms with Crippen molar-refractivity contribution in [3.8, 4) is 5.75 Å². The normalized spacial score (nSPS) is 20.7. The van der Waals surface area contributed by atoms with Crippen molar-refractivity contribution >= 4 is 11.8 Å². The highest BCUT2D eigenvalue weighted by Gasteiger charge is 2.44. The number of aliphatic carboxylic acids is 1. The SMILES string of the molecule is O=C(O)C1C(=O)c2ccccc2C1c1ccc(O)cc1. The molecule has 0 fully saturated rings. The van der Waals surface area contributed by atoms with Gasteiger partial charge in [-0.15, -0.1) is 0 Å². The van der Waals surface area contributed by atoms with Gasteiger partial charge in [-0.25, -0.2) is 0 Å². The van der Waals surface area contributed by atoms with E-state index in [2.05, 4.69) is 0 Å². The molecule has 4 nitrogen and oxygen atoms in total. The summed E-state index contributed by atoms with van der Waals surface area (Å²) in [5.74, 6) is -2.97. The molecule has 0 aliphatic heterocycles. The highest BCUT2D eigenvalue weighted by molar-refractivity contribution is 6.13. The van der Waals surface area contributed by atoms with E-state index >= 15 is 0 Å². The number of carbonyl (C=O) groups is 2. The van der Waals surface area contributed by atoms with Gasteiger partial charge in [0.15, 0.2) is 5.78 Å². The molecule has 4 heteroatoms. The lowest BCUT2D eigenvalue weighted by molar-refractivity contribution is -0.140. The van der Waals surface area contributed by atoms with Crippen molar-refractivity contribution in [3.05, 3.63) is 65.2 Å². The van der Waals surface area contributed by atoms with Crippen LogP contribution in [0.5, 0.6) is 5.75 Å². The Hall–Kier alpha value is -2.62. The summed E-state index contributed by atoms with van der Waals surface area (Å²) in [6.07, 6.45) is 0. The van der Waals surface area contributed by atoms with Crippen molar-refractivity contribution in [1.82, 2.24) is 0 Å². The molecule has 2 aromatic rings. The predicted molar refractivity (Wildman–Crippen MR) is 71.8 cm³/mol. The molecular weight excluding hydrogens is 256 g/mol. The Kier molecular flexibility index (Phi) is 2.79. The van der Waals surface area contributed by atoms with Crippen LogP contribution in [0.25, 0.3) is 0 Å². The number of rotatable bonds is 2. The summed E-state index contributed by atoms with van der Waals surface area (Å²) in [5, 5.41) is 18.7. The molecule has 0 saturated carbocycles. The lowest BCUT2D eigenvalue weighted by Gasteiger charge is -2.16. The molecule has 2 N–H and O–H groups in total. The molecule has 1 aliphatic carbocycles. The lowest BCUT2D eigenvalue weighted by atomic mass is 9.85. The van der Waals surface area contributed by atoms with E-state index in [9.17, 15) is 19.8 Å². The Balaban J connectivity index is 2.17. The highest BCUT2D eigenvalue weighted by atomic mass is 16.4. The quantitative estimate of drug-likeness (QED) is 0.820. The van der Waals surface area contributed by atoms with E-state index in [0.29, 0.717) is 11.1 Å². The Morgan fingerprint density at radius 3 is 2.30 bits per heavy atom. The van der Waals surface area contributed by atoms with E-state index < -0.39 is 17.8 Å². The fourth-order valence-electron chi connectivity index (χ4n) is 2.80. The Labute approximate surface area is 115 Å². The number of carboxylic acids is 1. The third kappa shape index (κ3) is 1.77. The van der Waals surface area contributed by atoms with Crippen molar-refractivity contribution in [3.63, 3.8) is 0 Å². The minimum Gasteiger partial charge on any atom is -0.508 e. The first-order chi connectivity index (χ1) is 9.59. The minimum absolute atomic E-state index is 0.109. The van der Waals surface area contributed by atoms with Gasteiger partial charge in [0.05, 0.1) is 0 Å². The van der Waals surface area contributed by atoms with Gasteiger partial charge in [-0.3, -0.25) is 9.59 Å². The van der Waals surface area contributed by atoms with Gasteiger partial charge in [-0.05, 0) is 23.3 Å². The first-order valence-corrected chi connectivity index (χ1v) is 6.24. The van der Waals surface area contributed by atoms with Gasteiger partial charge in [-0.1, -0.05) is 36.4 Å². The Morgan fingerprint density at radius 1 is 1.00 bits per heavy atom. The monoisotopic (exact) mass is 268 g/mol. The standard InChI is InChI=1S/C16H12O4/c17-10-7-5-9(6-8-10)13-11-3-1-2-4-12(11)15(18)14(13)16(19)20/h1-8,13-14,17H,(H,19,20). The summed E-state index contributed by atoms with van der Waals surface area (Å²) in [7, 11) is 0. The predicted octanol–water partition coefficient (Wildman–Crippen LogP) is 2.42. The molecule has 0 radical (unpaired) electrons. The fourth-order valence-corrected chi connectivity index (χ4v) is 2.80. The lowest BCUT2D eigenvalue weighted by Crippen LogP contribution is -2.24. The second kappa shape index (κ2) is 4.49. The molecule has 0 spiro atoms. The van der Waals surface area contributed by atoms with Crippen LogP contribution in [0.15, 0.2) is 48.5 Å². The van der Waals surface area contributed by atoms with E-state index in [4.69, 9.17) is 0 Å². The van der Waals surface area contributed by atoms with Crippen LogP contribution in [0, 0.1) is 5.92 Å². The number of fused-ring (bicyclic) bond motifs is 1. The van der Waals surface area contributed by atoms with Crippen molar-refractivity contribution < 1.29 is 19.8 Å². The van der Waals surface area contributed by atoms with Crippen molar-refractivity contribution in [2.45, 2.75) is 5.92 Å². The van der Waals surface area contributed by atoms with Crippen LogP contribution in [0.2, 0.25) is 0 Å². The number of hydrogen-bond donors (Lipinski definition) is 2. The van der Waals surface area contributed by atoms with E-state index in [0.717, 1.165) is 5.56 Å². The van der Waals surface area contributed by atoms with Crippen LogP contribution in [-0.4, -0.2) is 22.0 Å². The molecule has 1 aliphatic rings. The zero-order valence-corrected chi connectivity index (χ0v) is 10.5. The minimum atomic E-state index is -1.12. The summed E-state index contributed by atoms with van der Waals surface area (Å²) in [4.78, 5) is 23.7. The van der Waals surface area contributed by atoms with Crippen LogP contribution in [0.4, 0.5) is 0 Å². The number of phenols is 1. The first kappa shape index (κ1) is 12.4. The molecule has 0 saturated heterocycles. The summed E-state index contributed by atoms with van der Waals surface area (Å²) in [6, 6.07) is 13.3. The van der Waals surface area contributed by atoms with Gasteiger partial charge in [0.2, 0.25) is 0 Å². The third-order valence-electron chi connectivity index (χ3n) is 3.70. The average molecular weight is 268 g/mol. The molecule has 0 heterocycles. The molecule has 2 atom stereocenters. The topological polar surface area (TPSA) is 74.6 Å². The first-order valence-electron chi connectivity index (χ1n) is 6.24. The van der Waals surface area contributed by atoms with Gasteiger partial charge >= 0.3 is 5.97 Å². The van der Waals surface area contributed by atoms with Crippen LogP contribution in [-0.2, 0) is 4.79 Å². The van der Waals surface area contributed by atoms with Gasteiger partial charge in [0.25, 0.3) is 0 Å². The van der Waals surface area contributed by atoms with E-state index in [1.54, 1.807) is 36.4 Å². The van der Waals surface area contributed by atoms with Crippen molar-refractivity contribution in [1.29, 1.82) is 0 Å². The number of ketones is 1. The molecular formula is C16H12O4. The molecule has 0 bridgehead atoms. The number of aromatic hydroxyl groups is 1. The third-order valence-corrected chi connectivity index (χ3v) is 3.70. The average Bonchev–Trinajstić information content (AvgIpc) is 2.74. The molecule has 100 valence electrons. The highest BCUT2D eigenvalue weighted by Crippen LogP contribution is 2.42. The largest absolute Gasteiger partial charge is 0.508 e. The molecule has 3 rings (SSSR count). The van der Waals surface area contributed by atoms with Crippen LogP contribution >= 0.6 is 0 Å². The summed E-state index contributed by atoms with van der Waals surface area (Å²) in [5.41, 5.74) is 1.92. The molecule has 0 amide bonds. The molecule has 0 aromatic heterocycles. The van der Waals surface area contributed by atoms with Crippen LogP contribution in [0.1, 0.15) is 27.4 Å². The maximum absolute atomic E-state index is 12.3. The number of carbonyl (C=O) groups excluding carboxylic acids is 1. The molecule has 20 heavy (non-hydrogen) atoms. The van der Waals surface area contributed by atoms with E-state index in [-0.39, 0.29) is 11.5 Å². The van der Waals surface area contributed by atoms with Gasteiger partial charge in [0.1, 0.15) is 11.7 Å². The molecule has 2 unspecified atom stereocenters. The second-order valence-corrected chi connectivity index (χ2v) is 4.84. The number of hydrogen-bond acceptors (Lipinski definition) is 3. The van der Waals surface area contributed by atoms with Crippen molar-refractivity contribution in [2.24, 2.45) is 5.92 Å². The van der Waals surface area contributed by atoms with E-state index in [1.807, 2.05) is 0 Å². The van der Waals surface area contributed by atoms with Gasteiger partial charge in [0, 0.05) is 11.5 Å². The summed E-state index contributed by atoms with van der Waals surface area (Å²) < 4.78 is 0.